The monoisotopic (exact) mass is 559 g/mol. The van der Waals surface area contributed by atoms with Gasteiger partial charge in [0.15, 0.2) is 0 Å². The van der Waals surface area contributed by atoms with Gasteiger partial charge in [0.05, 0.1) is 11.1 Å². The smallest absolute Gasteiger partial charge is 0.261 e. The second-order valence-corrected chi connectivity index (χ2v) is 10.5. The summed E-state index contributed by atoms with van der Waals surface area (Å²) in [5.74, 6) is -1.16. The number of carbonyl (C=O) groups is 4. The summed E-state index contributed by atoms with van der Waals surface area (Å²) in [5, 5.41) is 3.59. The number of fused-ring (bicyclic) bond motifs is 1. The molecule has 8 heteroatoms. The molecular weight excluding hydrogens is 526 g/mol. The normalized spacial score (nSPS) is 14.0. The fraction of sp³-hybridized carbons (Fsp3) is 0.312. The Hall–Kier alpha value is -3.97. The molecule has 3 aromatic rings. The van der Waals surface area contributed by atoms with Crippen LogP contribution in [0.4, 0.5) is 0 Å². The molecule has 2 atom stereocenters. The van der Waals surface area contributed by atoms with E-state index >= 15 is 0 Å². The van der Waals surface area contributed by atoms with Crippen molar-refractivity contribution >= 4 is 35.2 Å². The zero-order valence-corrected chi connectivity index (χ0v) is 23.6. The Bertz CT molecular complexity index is 1340. The molecule has 0 radical (unpaired) electrons. The molecule has 0 aromatic heterocycles. The van der Waals surface area contributed by atoms with Crippen LogP contribution >= 0.6 is 11.6 Å². The lowest BCUT2D eigenvalue weighted by Crippen LogP contribution is -2.52. The molecule has 0 saturated carbocycles. The van der Waals surface area contributed by atoms with Crippen molar-refractivity contribution in [3.8, 4) is 0 Å². The minimum Gasteiger partial charge on any atom is -0.352 e. The van der Waals surface area contributed by atoms with Gasteiger partial charge in [-0.3, -0.25) is 24.1 Å². The van der Waals surface area contributed by atoms with Crippen LogP contribution < -0.4 is 5.32 Å². The average molecular weight is 560 g/mol. The number of imide groups is 1. The number of rotatable bonds is 12. The predicted octanol–water partition coefficient (Wildman–Crippen LogP) is 5.27. The molecule has 7 nitrogen and oxygen atoms in total. The van der Waals surface area contributed by atoms with E-state index in [2.05, 4.69) is 5.32 Å². The van der Waals surface area contributed by atoms with Crippen LogP contribution in [0, 0.1) is 0 Å². The summed E-state index contributed by atoms with van der Waals surface area (Å²) in [7, 11) is 0. The lowest BCUT2D eigenvalue weighted by Gasteiger charge is -2.32. The van der Waals surface area contributed by atoms with Gasteiger partial charge in [0, 0.05) is 37.0 Å². The summed E-state index contributed by atoms with van der Waals surface area (Å²) in [6.07, 6.45) is 1.44. The highest BCUT2D eigenvalue weighted by atomic mass is 35.5. The molecule has 1 heterocycles. The van der Waals surface area contributed by atoms with Crippen molar-refractivity contribution in [1.29, 1.82) is 0 Å². The molecule has 40 heavy (non-hydrogen) atoms. The van der Waals surface area contributed by atoms with Gasteiger partial charge in [0.1, 0.15) is 6.04 Å². The van der Waals surface area contributed by atoms with Crippen LogP contribution in [0.5, 0.6) is 0 Å². The zero-order chi connectivity index (χ0) is 28.6. The van der Waals surface area contributed by atoms with Crippen LogP contribution in [0.2, 0.25) is 5.02 Å². The molecule has 0 spiro atoms. The fourth-order valence-corrected chi connectivity index (χ4v) is 5.01. The van der Waals surface area contributed by atoms with E-state index in [1.54, 1.807) is 41.3 Å². The Morgan fingerprint density at radius 3 is 2.15 bits per heavy atom. The Labute approximate surface area is 240 Å². The summed E-state index contributed by atoms with van der Waals surface area (Å²) in [6, 6.07) is 22.7. The largest absolute Gasteiger partial charge is 0.352 e. The number of halogens is 1. The number of nitrogens with zero attached hydrogens (tertiary/aromatic N) is 2. The Kier molecular flexibility index (Phi) is 9.72. The maximum Gasteiger partial charge on any atom is 0.261 e. The Morgan fingerprint density at radius 1 is 0.900 bits per heavy atom. The van der Waals surface area contributed by atoms with Crippen LogP contribution in [0.25, 0.3) is 0 Å². The van der Waals surface area contributed by atoms with E-state index in [1.807, 2.05) is 56.3 Å². The van der Waals surface area contributed by atoms with E-state index in [9.17, 15) is 19.2 Å². The van der Waals surface area contributed by atoms with Gasteiger partial charge in [-0.25, -0.2) is 0 Å². The third-order valence-electron chi connectivity index (χ3n) is 7.16. The van der Waals surface area contributed by atoms with Crippen molar-refractivity contribution in [2.45, 2.75) is 58.2 Å². The van der Waals surface area contributed by atoms with Crippen molar-refractivity contribution in [3.63, 3.8) is 0 Å². The molecule has 0 unspecified atom stereocenters. The second-order valence-electron chi connectivity index (χ2n) is 10.1. The quantitative estimate of drug-likeness (QED) is 0.306. The molecule has 208 valence electrons. The number of benzene rings is 3. The lowest BCUT2D eigenvalue weighted by atomic mass is 10.0. The maximum absolute atomic E-state index is 13.8. The number of nitrogens with one attached hydrogen (secondary N) is 1. The van der Waals surface area contributed by atoms with Gasteiger partial charge in [-0.05, 0) is 55.2 Å². The summed E-state index contributed by atoms with van der Waals surface area (Å²) < 4.78 is 0. The van der Waals surface area contributed by atoms with E-state index in [0.29, 0.717) is 22.6 Å². The Balaban J connectivity index is 1.55. The minimum atomic E-state index is -0.762. The van der Waals surface area contributed by atoms with Crippen molar-refractivity contribution in [2.24, 2.45) is 0 Å². The van der Waals surface area contributed by atoms with Gasteiger partial charge in [0.25, 0.3) is 11.8 Å². The van der Waals surface area contributed by atoms with Crippen molar-refractivity contribution in [2.75, 3.05) is 6.54 Å². The lowest BCUT2D eigenvalue weighted by molar-refractivity contribution is -0.141. The third-order valence-corrected chi connectivity index (χ3v) is 7.40. The topological polar surface area (TPSA) is 86.8 Å². The number of carbonyl (C=O) groups excluding carboxylic acids is 4. The van der Waals surface area contributed by atoms with Crippen molar-refractivity contribution < 1.29 is 19.2 Å². The molecule has 0 fully saturated rings. The van der Waals surface area contributed by atoms with Crippen LogP contribution in [0.3, 0.4) is 0 Å². The van der Waals surface area contributed by atoms with Gasteiger partial charge >= 0.3 is 0 Å². The third kappa shape index (κ3) is 6.96. The highest BCUT2D eigenvalue weighted by Crippen LogP contribution is 2.23. The van der Waals surface area contributed by atoms with Crippen molar-refractivity contribution in [3.05, 3.63) is 106 Å². The predicted molar refractivity (Wildman–Crippen MR) is 155 cm³/mol. The molecule has 3 aromatic carbocycles. The molecule has 1 aliphatic rings. The van der Waals surface area contributed by atoms with Crippen molar-refractivity contribution in [1.82, 2.24) is 15.1 Å². The Morgan fingerprint density at radius 2 is 1.52 bits per heavy atom. The van der Waals surface area contributed by atoms with Gasteiger partial charge in [-0.1, -0.05) is 73.1 Å². The summed E-state index contributed by atoms with van der Waals surface area (Å²) in [4.78, 5) is 55.7. The average Bonchev–Trinajstić information content (AvgIpc) is 3.20. The number of amides is 4. The molecule has 1 N–H and O–H groups in total. The van der Waals surface area contributed by atoms with Gasteiger partial charge < -0.3 is 10.2 Å². The zero-order valence-electron chi connectivity index (χ0n) is 22.8. The van der Waals surface area contributed by atoms with Gasteiger partial charge in [0.2, 0.25) is 11.8 Å². The minimum absolute atomic E-state index is 0.0530. The highest BCUT2D eigenvalue weighted by Gasteiger charge is 2.35. The van der Waals surface area contributed by atoms with E-state index in [0.717, 1.165) is 17.5 Å². The second kappa shape index (κ2) is 13.4. The highest BCUT2D eigenvalue weighted by molar-refractivity contribution is 6.30. The van der Waals surface area contributed by atoms with E-state index in [-0.39, 0.29) is 55.6 Å². The van der Waals surface area contributed by atoms with Crippen LogP contribution in [0.1, 0.15) is 65.0 Å². The molecule has 4 amide bonds. The molecule has 0 bridgehead atoms. The van der Waals surface area contributed by atoms with E-state index in [1.165, 1.54) is 4.90 Å². The first-order valence-electron chi connectivity index (χ1n) is 13.6. The van der Waals surface area contributed by atoms with Crippen LogP contribution in [0.15, 0.2) is 78.9 Å². The van der Waals surface area contributed by atoms with Crippen LogP contribution in [-0.4, -0.2) is 52.1 Å². The van der Waals surface area contributed by atoms with Gasteiger partial charge in [-0.15, -0.1) is 0 Å². The summed E-state index contributed by atoms with van der Waals surface area (Å²) in [6.45, 7) is 4.23. The maximum atomic E-state index is 13.8. The number of hydrogen-bond donors (Lipinski definition) is 1. The SMILES string of the molecule is CC[C@H](C)NC(=O)[C@H](Cc1ccccc1)N(Cc1cccc(Cl)c1)C(=O)CCCN1C(=O)c2ccccc2C1=O. The fourth-order valence-electron chi connectivity index (χ4n) is 4.80. The van der Waals surface area contributed by atoms with E-state index in [4.69, 9.17) is 11.6 Å². The van der Waals surface area contributed by atoms with Crippen LogP contribution in [-0.2, 0) is 22.6 Å². The summed E-state index contributed by atoms with van der Waals surface area (Å²) >= 11 is 6.24. The first-order valence-corrected chi connectivity index (χ1v) is 14.0. The molecule has 0 saturated heterocycles. The number of hydrogen-bond acceptors (Lipinski definition) is 4. The molecule has 1 aliphatic heterocycles. The molecule has 4 rings (SSSR count). The first-order chi connectivity index (χ1) is 19.3. The standard InChI is InChI=1S/C32H34ClN3O4/c1-3-22(2)34-30(38)28(20-23-11-5-4-6-12-23)36(21-24-13-9-14-25(33)19-24)29(37)17-10-18-35-31(39)26-15-7-8-16-27(26)32(35)40/h4-9,11-16,19,22,28H,3,10,17-18,20-21H2,1-2H3,(H,34,38)/t22-,28-/m0/s1. The van der Waals surface area contributed by atoms with Gasteiger partial charge in [-0.2, -0.15) is 0 Å². The molecular formula is C32H34ClN3O4. The molecule has 0 aliphatic carbocycles. The summed E-state index contributed by atoms with van der Waals surface area (Å²) in [5.41, 5.74) is 2.49. The van der Waals surface area contributed by atoms with E-state index < -0.39 is 6.04 Å². The first kappa shape index (κ1) is 29.0.